The fourth-order valence-corrected chi connectivity index (χ4v) is 3.21. The molecule has 24 heavy (non-hydrogen) atoms. The Kier molecular flexibility index (Phi) is 6.60. The summed E-state index contributed by atoms with van der Waals surface area (Å²) in [6, 6.07) is 4.88. The Hall–Kier alpha value is -1.62. The number of halogens is 1. The Bertz CT molecular complexity index is 556. The van der Waals surface area contributed by atoms with Crippen LogP contribution in [-0.4, -0.2) is 44.2 Å². The molecule has 0 unspecified atom stereocenters. The quantitative estimate of drug-likeness (QED) is 0.798. The van der Waals surface area contributed by atoms with Crippen LogP contribution in [0.5, 0.6) is 0 Å². The number of hydrogen-bond acceptors (Lipinski definition) is 3. The van der Waals surface area contributed by atoms with Gasteiger partial charge in [0.2, 0.25) is 5.91 Å². The van der Waals surface area contributed by atoms with Gasteiger partial charge in [0.25, 0.3) is 0 Å². The molecular formula is C19H29FN2O2. The van der Waals surface area contributed by atoms with Gasteiger partial charge >= 0.3 is 0 Å². The lowest BCUT2D eigenvalue weighted by Gasteiger charge is -2.35. The number of anilines is 1. The molecule has 1 aromatic rings. The molecule has 5 heteroatoms. The van der Waals surface area contributed by atoms with Crippen LogP contribution in [-0.2, 0) is 16.1 Å². The van der Waals surface area contributed by atoms with Crippen molar-refractivity contribution in [2.75, 3.05) is 32.1 Å². The molecule has 1 aliphatic heterocycles. The highest BCUT2D eigenvalue weighted by atomic mass is 19.1. The highest BCUT2D eigenvalue weighted by Gasteiger charge is 2.23. The largest absolute Gasteiger partial charge is 0.381 e. The molecule has 1 fully saturated rings. The molecule has 1 aromatic carbocycles. The van der Waals surface area contributed by atoms with Gasteiger partial charge in [0.15, 0.2) is 0 Å². The lowest BCUT2D eigenvalue weighted by atomic mass is 10.0. The maximum Gasteiger partial charge on any atom is 0.225 e. The highest BCUT2D eigenvalue weighted by Crippen LogP contribution is 2.27. The molecule has 1 heterocycles. The van der Waals surface area contributed by atoms with Crippen LogP contribution in [0.2, 0.25) is 0 Å². The molecule has 0 N–H and O–H groups in total. The van der Waals surface area contributed by atoms with E-state index in [0.717, 1.165) is 43.6 Å². The number of carbonyl (C=O) groups is 1. The van der Waals surface area contributed by atoms with Gasteiger partial charge in [0.1, 0.15) is 5.82 Å². The standard InChI is InChI=1S/C19H29FN2O2/c1-5-14(2)19(23)21(3)13-15-12-16(20)6-7-18(15)22-10-8-17(24-4)9-11-22/h6-7,12,14,17H,5,8-11,13H2,1-4H3/t14-/m1/s1. The second kappa shape index (κ2) is 8.47. The lowest BCUT2D eigenvalue weighted by molar-refractivity contribution is -0.134. The molecule has 0 spiro atoms. The van der Waals surface area contributed by atoms with Gasteiger partial charge in [-0.1, -0.05) is 13.8 Å². The molecule has 4 nitrogen and oxygen atoms in total. The van der Waals surface area contributed by atoms with Gasteiger partial charge < -0.3 is 14.5 Å². The summed E-state index contributed by atoms with van der Waals surface area (Å²) in [5, 5.41) is 0. The van der Waals surface area contributed by atoms with Crippen molar-refractivity contribution in [3.05, 3.63) is 29.6 Å². The second-order valence-corrected chi connectivity index (χ2v) is 6.70. The number of ether oxygens (including phenoxy) is 1. The molecule has 1 saturated heterocycles. The van der Waals surface area contributed by atoms with E-state index in [2.05, 4.69) is 4.90 Å². The molecule has 0 saturated carbocycles. The van der Waals surface area contributed by atoms with Gasteiger partial charge in [-0.2, -0.15) is 0 Å². The predicted molar refractivity (Wildman–Crippen MR) is 94.6 cm³/mol. The number of amides is 1. The second-order valence-electron chi connectivity index (χ2n) is 6.70. The lowest BCUT2D eigenvalue weighted by Crippen LogP contribution is -2.38. The summed E-state index contributed by atoms with van der Waals surface area (Å²) in [6.07, 6.45) is 3.05. The Labute approximate surface area is 144 Å². The minimum Gasteiger partial charge on any atom is -0.381 e. The summed E-state index contributed by atoms with van der Waals surface area (Å²) in [6.45, 7) is 6.14. The molecule has 0 bridgehead atoms. The third-order valence-corrected chi connectivity index (χ3v) is 4.98. The van der Waals surface area contributed by atoms with E-state index < -0.39 is 0 Å². The van der Waals surface area contributed by atoms with Gasteiger partial charge in [0, 0.05) is 45.4 Å². The smallest absolute Gasteiger partial charge is 0.225 e. The van der Waals surface area contributed by atoms with E-state index in [1.54, 1.807) is 25.1 Å². The first-order chi connectivity index (χ1) is 11.5. The van der Waals surface area contributed by atoms with E-state index >= 15 is 0 Å². The van der Waals surface area contributed by atoms with Crippen molar-refractivity contribution in [3.63, 3.8) is 0 Å². The van der Waals surface area contributed by atoms with Gasteiger partial charge in [-0.3, -0.25) is 4.79 Å². The van der Waals surface area contributed by atoms with Crippen LogP contribution in [0, 0.1) is 11.7 Å². The Morgan fingerprint density at radius 3 is 2.67 bits per heavy atom. The molecule has 0 radical (unpaired) electrons. The SMILES string of the molecule is CC[C@@H](C)C(=O)N(C)Cc1cc(F)ccc1N1CCC(OC)CC1. The maximum atomic E-state index is 13.8. The first-order valence-corrected chi connectivity index (χ1v) is 8.77. The van der Waals surface area contributed by atoms with E-state index in [0.29, 0.717) is 12.6 Å². The van der Waals surface area contributed by atoms with Crippen molar-refractivity contribution in [1.82, 2.24) is 4.90 Å². The number of piperidine rings is 1. The van der Waals surface area contributed by atoms with Gasteiger partial charge in [0.05, 0.1) is 6.10 Å². The summed E-state index contributed by atoms with van der Waals surface area (Å²) in [4.78, 5) is 16.3. The third-order valence-electron chi connectivity index (χ3n) is 4.98. The van der Waals surface area contributed by atoms with E-state index in [9.17, 15) is 9.18 Å². The number of methoxy groups -OCH3 is 1. The first-order valence-electron chi connectivity index (χ1n) is 8.77. The number of carbonyl (C=O) groups excluding carboxylic acids is 1. The normalized spacial score (nSPS) is 17.0. The van der Waals surface area contributed by atoms with Crippen molar-refractivity contribution in [2.24, 2.45) is 5.92 Å². The van der Waals surface area contributed by atoms with E-state index in [-0.39, 0.29) is 17.6 Å². The monoisotopic (exact) mass is 336 g/mol. The highest BCUT2D eigenvalue weighted by molar-refractivity contribution is 5.78. The zero-order valence-corrected chi connectivity index (χ0v) is 15.2. The summed E-state index contributed by atoms with van der Waals surface area (Å²) >= 11 is 0. The molecule has 1 amide bonds. The Morgan fingerprint density at radius 1 is 1.42 bits per heavy atom. The molecule has 2 rings (SSSR count). The van der Waals surface area contributed by atoms with Crippen LogP contribution in [0.15, 0.2) is 18.2 Å². The minimum absolute atomic E-state index is 0.00976. The maximum absolute atomic E-state index is 13.8. The summed E-state index contributed by atoms with van der Waals surface area (Å²) < 4.78 is 19.2. The molecule has 134 valence electrons. The van der Waals surface area contributed by atoms with Gasteiger partial charge in [-0.05, 0) is 43.0 Å². The van der Waals surface area contributed by atoms with Crippen LogP contribution in [0.3, 0.4) is 0 Å². The van der Waals surface area contributed by atoms with Crippen molar-refractivity contribution in [3.8, 4) is 0 Å². The molecule has 1 atom stereocenters. The number of benzene rings is 1. The van der Waals surface area contributed by atoms with Crippen LogP contribution in [0.25, 0.3) is 0 Å². The summed E-state index contributed by atoms with van der Waals surface area (Å²) in [5.41, 5.74) is 1.89. The van der Waals surface area contributed by atoms with Gasteiger partial charge in [-0.15, -0.1) is 0 Å². The third kappa shape index (κ3) is 4.47. The Morgan fingerprint density at radius 2 is 2.08 bits per heavy atom. The first kappa shape index (κ1) is 18.7. The van der Waals surface area contributed by atoms with Crippen LogP contribution >= 0.6 is 0 Å². The summed E-state index contributed by atoms with van der Waals surface area (Å²) in [5.74, 6) is -0.167. The minimum atomic E-state index is -0.259. The molecular weight excluding hydrogens is 307 g/mol. The Balaban J connectivity index is 2.14. The fraction of sp³-hybridized carbons (Fsp3) is 0.632. The number of rotatable bonds is 6. The molecule has 1 aliphatic rings. The number of hydrogen-bond donors (Lipinski definition) is 0. The van der Waals surface area contributed by atoms with E-state index in [1.165, 1.54) is 6.07 Å². The van der Waals surface area contributed by atoms with Crippen molar-refractivity contribution in [1.29, 1.82) is 0 Å². The van der Waals surface area contributed by atoms with Crippen LogP contribution in [0.4, 0.5) is 10.1 Å². The topological polar surface area (TPSA) is 32.8 Å². The van der Waals surface area contributed by atoms with Crippen LogP contribution < -0.4 is 4.90 Å². The molecule has 0 aliphatic carbocycles. The average Bonchev–Trinajstić information content (AvgIpc) is 2.60. The molecule has 0 aromatic heterocycles. The van der Waals surface area contributed by atoms with E-state index in [1.807, 2.05) is 19.9 Å². The zero-order chi connectivity index (χ0) is 17.7. The zero-order valence-electron chi connectivity index (χ0n) is 15.2. The fourth-order valence-electron chi connectivity index (χ4n) is 3.21. The summed E-state index contributed by atoms with van der Waals surface area (Å²) in [7, 11) is 3.54. The predicted octanol–water partition coefficient (Wildman–Crippen LogP) is 3.45. The van der Waals surface area contributed by atoms with Crippen molar-refractivity contribution >= 4 is 11.6 Å². The van der Waals surface area contributed by atoms with E-state index in [4.69, 9.17) is 4.74 Å². The van der Waals surface area contributed by atoms with Crippen LogP contribution in [0.1, 0.15) is 38.7 Å². The van der Waals surface area contributed by atoms with Crippen molar-refractivity contribution in [2.45, 2.75) is 45.8 Å². The average molecular weight is 336 g/mol. The van der Waals surface area contributed by atoms with Crippen molar-refractivity contribution < 1.29 is 13.9 Å². The van der Waals surface area contributed by atoms with Gasteiger partial charge in [-0.25, -0.2) is 4.39 Å². The number of nitrogens with zero attached hydrogens (tertiary/aromatic N) is 2.